The van der Waals surface area contributed by atoms with Crippen LogP contribution < -0.4 is 9.47 Å². The van der Waals surface area contributed by atoms with E-state index in [1.807, 2.05) is 48.5 Å². The maximum atomic E-state index is 13.0. The number of carbonyl (C=O) groups is 1. The highest BCUT2D eigenvalue weighted by atomic mass is 35.5. The lowest BCUT2D eigenvalue weighted by Gasteiger charge is -2.19. The van der Waals surface area contributed by atoms with Gasteiger partial charge in [-0.1, -0.05) is 53.5 Å². The molecule has 29 heavy (non-hydrogen) atoms. The third-order valence-electron chi connectivity index (χ3n) is 4.41. The zero-order chi connectivity index (χ0) is 20.8. The van der Waals surface area contributed by atoms with Crippen LogP contribution in [-0.4, -0.2) is 20.0 Å². The van der Waals surface area contributed by atoms with Gasteiger partial charge in [-0.25, -0.2) is 0 Å². The average Bonchev–Trinajstić information content (AvgIpc) is 2.73. The molecule has 150 valence electrons. The molecule has 3 aromatic rings. The summed E-state index contributed by atoms with van der Waals surface area (Å²) in [6.07, 6.45) is 0.274. The molecule has 0 aliphatic carbocycles. The summed E-state index contributed by atoms with van der Waals surface area (Å²) in [5.74, 6) is 1.41. The van der Waals surface area contributed by atoms with Crippen molar-refractivity contribution in [3.05, 3.63) is 87.9 Å². The van der Waals surface area contributed by atoms with Gasteiger partial charge < -0.3 is 9.47 Å². The molecule has 1 atom stereocenters. The smallest absolute Gasteiger partial charge is 0.165 e. The Morgan fingerprint density at radius 3 is 2.38 bits per heavy atom. The van der Waals surface area contributed by atoms with Gasteiger partial charge in [0, 0.05) is 22.3 Å². The van der Waals surface area contributed by atoms with Gasteiger partial charge in [-0.05, 0) is 42.0 Å². The van der Waals surface area contributed by atoms with Crippen LogP contribution in [0.4, 0.5) is 0 Å². The fourth-order valence-electron chi connectivity index (χ4n) is 2.92. The second-order valence-electron chi connectivity index (χ2n) is 6.29. The van der Waals surface area contributed by atoms with Gasteiger partial charge in [0.15, 0.2) is 5.78 Å². The molecule has 0 aliphatic rings. The molecule has 0 amide bonds. The predicted molar refractivity (Wildman–Crippen MR) is 120 cm³/mol. The SMILES string of the molecule is COc1ccc(OC)c(S[C@@H](CC(=O)c2ccc(Cl)cc2Cl)c2ccccc2)c1. The maximum absolute atomic E-state index is 13.0. The molecule has 0 saturated carbocycles. The van der Waals surface area contributed by atoms with E-state index in [1.165, 1.54) is 0 Å². The highest BCUT2D eigenvalue weighted by molar-refractivity contribution is 7.99. The molecular formula is C23H20Cl2O3S. The van der Waals surface area contributed by atoms with E-state index in [2.05, 4.69) is 0 Å². The molecule has 6 heteroatoms. The summed E-state index contributed by atoms with van der Waals surface area (Å²) in [6.45, 7) is 0. The van der Waals surface area contributed by atoms with E-state index in [0.717, 1.165) is 22.0 Å². The van der Waals surface area contributed by atoms with Crippen LogP contribution in [0, 0.1) is 0 Å². The molecule has 0 aromatic heterocycles. The van der Waals surface area contributed by atoms with Crippen LogP contribution >= 0.6 is 35.0 Å². The Kier molecular flexibility index (Phi) is 7.48. The summed E-state index contributed by atoms with van der Waals surface area (Å²) < 4.78 is 10.9. The van der Waals surface area contributed by atoms with E-state index >= 15 is 0 Å². The highest BCUT2D eigenvalue weighted by Gasteiger charge is 2.22. The van der Waals surface area contributed by atoms with Crippen molar-refractivity contribution in [3.8, 4) is 11.5 Å². The van der Waals surface area contributed by atoms with Gasteiger partial charge in [-0.3, -0.25) is 4.79 Å². The average molecular weight is 447 g/mol. The Bertz CT molecular complexity index is 993. The Morgan fingerprint density at radius 2 is 1.72 bits per heavy atom. The zero-order valence-electron chi connectivity index (χ0n) is 16.0. The fraction of sp³-hybridized carbons (Fsp3) is 0.174. The number of thioether (sulfide) groups is 1. The number of benzene rings is 3. The van der Waals surface area contributed by atoms with Crippen molar-refractivity contribution in [2.75, 3.05) is 14.2 Å². The number of ether oxygens (including phenoxy) is 2. The third-order valence-corrected chi connectivity index (χ3v) is 6.26. The largest absolute Gasteiger partial charge is 0.497 e. The van der Waals surface area contributed by atoms with Gasteiger partial charge in [0.1, 0.15) is 11.5 Å². The summed E-state index contributed by atoms with van der Waals surface area (Å²) in [4.78, 5) is 13.9. The van der Waals surface area contributed by atoms with E-state index in [0.29, 0.717) is 15.6 Å². The van der Waals surface area contributed by atoms with Crippen LogP contribution in [0.15, 0.2) is 71.6 Å². The van der Waals surface area contributed by atoms with Gasteiger partial charge in [-0.2, -0.15) is 0 Å². The molecule has 3 rings (SSSR count). The van der Waals surface area contributed by atoms with Gasteiger partial charge in [0.25, 0.3) is 0 Å². The molecule has 0 radical (unpaired) electrons. The van der Waals surface area contributed by atoms with E-state index in [9.17, 15) is 4.79 Å². The number of rotatable bonds is 8. The summed E-state index contributed by atoms with van der Waals surface area (Å²) in [5.41, 5.74) is 1.51. The van der Waals surface area contributed by atoms with Gasteiger partial charge >= 0.3 is 0 Å². The predicted octanol–water partition coefficient (Wildman–Crippen LogP) is 7.12. The Labute approximate surface area is 184 Å². The number of hydrogen-bond acceptors (Lipinski definition) is 4. The van der Waals surface area contributed by atoms with Crippen LogP contribution in [0.25, 0.3) is 0 Å². The Balaban J connectivity index is 1.93. The van der Waals surface area contributed by atoms with Gasteiger partial charge in [0.2, 0.25) is 0 Å². The number of methoxy groups -OCH3 is 2. The minimum Gasteiger partial charge on any atom is -0.497 e. The summed E-state index contributed by atoms with van der Waals surface area (Å²) in [5, 5.41) is 0.733. The number of carbonyl (C=O) groups excluding carboxylic acids is 1. The van der Waals surface area contributed by atoms with Gasteiger partial charge in [-0.15, -0.1) is 11.8 Å². The van der Waals surface area contributed by atoms with Crippen molar-refractivity contribution in [1.29, 1.82) is 0 Å². The lowest BCUT2D eigenvalue weighted by molar-refractivity contribution is 0.0982. The molecule has 0 N–H and O–H groups in total. The van der Waals surface area contributed by atoms with E-state index in [-0.39, 0.29) is 17.5 Å². The number of Topliss-reactive ketones (excluding diaryl/α,β-unsaturated/α-hetero) is 1. The lowest BCUT2D eigenvalue weighted by Crippen LogP contribution is -2.06. The van der Waals surface area contributed by atoms with Crippen molar-refractivity contribution in [2.45, 2.75) is 16.6 Å². The minimum absolute atomic E-state index is 0.0464. The first-order valence-corrected chi connectivity index (χ1v) is 10.6. The molecule has 0 fully saturated rings. The number of halogens is 2. The first kappa shape index (κ1) is 21.6. The Morgan fingerprint density at radius 1 is 0.966 bits per heavy atom. The normalized spacial score (nSPS) is 11.7. The van der Waals surface area contributed by atoms with Crippen LogP contribution in [0.1, 0.15) is 27.6 Å². The second kappa shape index (κ2) is 10.1. The van der Waals surface area contributed by atoms with Crippen molar-refractivity contribution >= 4 is 40.7 Å². The zero-order valence-corrected chi connectivity index (χ0v) is 18.4. The first-order valence-electron chi connectivity index (χ1n) is 8.93. The molecule has 3 aromatic carbocycles. The van der Waals surface area contributed by atoms with Crippen LogP contribution in [0.2, 0.25) is 10.0 Å². The van der Waals surface area contributed by atoms with Crippen molar-refractivity contribution in [2.24, 2.45) is 0 Å². The van der Waals surface area contributed by atoms with Crippen LogP contribution in [0.5, 0.6) is 11.5 Å². The quantitative estimate of drug-likeness (QED) is 0.272. The molecule has 3 nitrogen and oxygen atoms in total. The monoisotopic (exact) mass is 446 g/mol. The molecular weight excluding hydrogens is 427 g/mol. The lowest BCUT2D eigenvalue weighted by atomic mass is 10.0. The summed E-state index contributed by atoms with van der Waals surface area (Å²) >= 11 is 13.8. The Hall–Kier alpha value is -2.14. The summed E-state index contributed by atoms with van der Waals surface area (Å²) in [6, 6.07) is 20.5. The second-order valence-corrected chi connectivity index (χ2v) is 8.37. The summed E-state index contributed by atoms with van der Waals surface area (Å²) in [7, 11) is 3.25. The van der Waals surface area contributed by atoms with E-state index in [1.54, 1.807) is 44.2 Å². The molecule has 0 spiro atoms. The minimum atomic E-state index is -0.128. The first-order chi connectivity index (χ1) is 14.0. The maximum Gasteiger partial charge on any atom is 0.165 e. The molecule has 0 aliphatic heterocycles. The standard InChI is InChI=1S/C23H20Cl2O3S/c1-27-17-9-11-21(28-2)23(13-17)29-22(15-6-4-3-5-7-15)14-20(26)18-10-8-16(24)12-19(18)25/h3-13,22H,14H2,1-2H3/t22-/m0/s1. The van der Waals surface area contributed by atoms with E-state index in [4.69, 9.17) is 32.7 Å². The topological polar surface area (TPSA) is 35.5 Å². The van der Waals surface area contributed by atoms with Crippen LogP contribution in [-0.2, 0) is 0 Å². The molecule has 0 unspecified atom stereocenters. The van der Waals surface area contributed by atoms with Crippen molar-refractivity contribution in [3.63, 3.8) is 0 Å². The number of ketones is 1. The molecule has 0 heterocycles. The van der Waals surface area contributed by atoms with Crippen molar-refractivity contribution in [1.82, 2.24) is 0 Å². The van der Waals surface area contributed by atoms with Gasteiger partial charge in [0.05, 0.1) is 24.1 Å². The number of hydrogen-bond donors (Lipinski definition) is 0. The van der Waals surface area contributed by atoms with Crippen molar-refractivity contribution < 1.29 is 14.3 Å². The van der Waals surface area contributed by atoms with Crippen LogP contribution in [0.3, 0.4) is 0 Å². The third kappa shape index (κ3) is 5.47. The molecule has 0 bridgehead atoms. The highest BCUT2D eigenvalue weighted by Crippen LogP contribution is 2.44. The molecule has 0 saturated heterocycles. The van der Waals surface area contributed by atoms with E-state index < -0.39 is 0 Å². The fourth-order valence-corrected chi connectivity index (χ4v) is 4.72.